The van der Waals surface area contributed by atoms with Gasteiger partial charge in [0.1, 0.15) is 0 Å². The van der Waals surface area contributed by atoms with E-state index in [0.717, 1.165) is 27.8 Å². The zero-order chi connectivity index (χ0) is 22.4. The Hall–Kier alpha value is -1.74. The minimum atomic E-state index is -0.594. The highest BCUT2D eigenvalue weighted by atomic mass is 127. The van der Waals surface area contributed by atoms with Crippen LogP contribution in [0.3, 0.4) is 0 Å². The Kier molecular flexibility index (Phi) is 5.79. The molecule has 2 atom stereocenters. The molecule has 0 aliphatic heterocycles. The van der Waals surface area contributed by atoms with Crippen LogP contribution >= 0.6 is 38.5 Å². The van der Waals surface area contributed by atoms with Crippen LogP contribution in [0.2, 0.25) is 0 Å². The van der Waals surface area contributed by atoms with E-state index >= 15 is 0 Å². The van der Waals surface area contributed by atoms with E-state index in [2.05, 4.69) is 69.8 Å². The van der Waals surface area contributed by atoms with Crippen molar-refractivity contribution in [2.75, 3.05) is 5.32 Å². The van der Waals surface area contributed by atoms with E-state index < -0.39 is 11.4 Å². The SMILES string of the molecule is CC12CCC(C(=O)Nc3ccc(I)cc3)(C/C1=N\OC(=O)c1ccccc1Br)C2(C)C. The first-order valence-electron chi connectivity index (χ1n) is 10.2. The standard InChI is InChI=1S/C24H24BrIN2O3/c1-22(2)23(3)12-13-24(22,21(30)27-16-10-8-15(26)9-11-16)14-19(23)28-31-20(29)17-6-4-5-7-18(17)25/h4-11H,12-14H2,1-3H3,(H,27,30)/b28-19+. The number of hydrogen-bond acceptors (Lipinski definition) is 4. The van der Waals surface area contributed by atoms with Crippen molar-refractivity contribution in [1.82, 2.24) is 0 Å². The molecule has 0 spiro atoms. The lowest BCUT2D eigenvalue weighted by Crippen LogP contribution is -2.43. The number of nitrogens with one attached hydrogen (secondary N) is 1. The summed E-state index contributed by atoms with van der Waals surface area (Å²) in [7, 11) is 0. The fraction of sp³-hybridized carbons (Fsp3) is 0.375. The van der Waals surface area contributed by atoms with Crippen LogP contribution in [0.1, 0.15) is 50.4 Å². The van der Waals surface area contributed by atoms with E-state index in [0.29, 0.717) is 16.5 Å². The highest BCUT2D eigenvalue weighted by Gasteiger charge is 2.71. The molecule has 2 saturated carbocycles. The zero-order valence-corrected chi connectivity index (χ0v) is 21.4. The van der Waals surface area contributed by atoms with Gasteiger partial charge >= 0.3 is 5.97 Å². The van der Waals surface area contributed by atoms with Crippen LogP contribution in [0.15, 0.2) is 58.2 Å². The molecule has 2 bridgehead atoms. The Bertz CT molecular complexity index is 1080. The van der Waals surface area contributed by atoms with Crippen molar-refractivity contribution in [2.45, 2.75) is 40.0 Å². The summed E-state index contributed by atoms with van der Waals surface area (Å²) in [6.07, 6.45) is 2.09. The van der Waals surface area contributed by atoms with E-state index in [1.165, 1.54) is 0 Å². The summed E-state index contributed by atoms with van der Waals surface area (Å²) in [6.45, 7) is 6.39. The molecule has 1 amide bonds. The maximum atomic E-state index is 13.5. The summed E-state index contributed by atoms with van der Waals surface area (Å²) < 4.78 is 1.78. The number of carbonyl (C=O) groups is 2. The monoisotopic (exact) mass is 594 g/mol. The molecule has 162 valence electrons. The lowest BCUT2D eigenvalue weighted by molar-refractivity contribution is -0.130. The topological polar surface area (TPSA) is 67.8 Å². The molecule has 0 radical (unpaired) electrons. The molecule has 2 aliphatic carbocycles. The number of anilines is 1. The van der Waals surface area contributed by atoms with E-state index in [9.17, 15) is 9.59 Å². The molecule has 0 aromatic heterocycles. The fourth-order valence-electron chi connectivity index (χ4n) is 5.08. The second-order valence-corrected chi connectivity index (χ2v) is 11.2. The number of nitrogens with zero attached hydrogens (tertiary/aromatic N) is 1. The molecule has 2 aromatic carbocycles. The summed E-state index contributed by atoms with van der Waals surface area (Å²) in [5, 5.41) is 7.41. The normalized spacial score (nSPS) is 27.3. The molecule has 2 unspecified atom stereocenters. The number of rotatable bonds is 4. The summed E-state index contributed by atoms with van der Waals surface area (Å²) in [5.41, 5.74) is 0.752. The van der Waals surface area contributed by atoms with Crippen molar-refractivity contribution in [2.24, 2.45) is 21.4 Å². The van der Waals surface area contributed by atoms with E-state index in [1.807, 2.05) is 30.3 Å². The highest BCUT2D eigenvalue weighted by molar-refractivity contribution is 14.1. The highest BCUT2D eigenvalue weighted by Crippen LogP contribution is 2.71. The first-order chi connectivity index (χ1) is 14.6. The molecule has 2 aliphatic rings. The number of oxime groups is 1. The smallest absolute Gasteiger partial charge is 0.326 e. The molecule has 7 heteroatoms. The molecule has 0 heterocycles. The van der Waals surface area contributed by atoms with Crippen LogP contribution < -0.4 is 5.32 Å². The van der Waals surface area contributed by atoms with Gasteiger partial charge in [-0.2, -0.15) is 0 Å². The quantitative estimate of drug-likeness (QED) is 0.252. The number of carbonyl (C=O) groups excluding carboxylic acids is 2. The maximum absolute atomic E-state index is 13.5. The molecular weight excluding hydrogens is 571 g/mol. The van der Waals surface area contributed by atoms with E-state index in [1.54, 1.807) is 18.2 Å². The number of amides is 1. The Morgan fingerprint density at radius 1 is 1.06 bits per heavy atom. The van der Waals surface area contributed by atoms with Crippen molar-refractivity contribution in [3.8, 4) is 0 Å². The minimum Gasteiger partial charge on any atom is -0.326 e. The van der Waals surface area contributed by atoms with E-state index in [-0.39, 0.29) is 16.7 Å². The van der Waals surface area contributed by atoms with Crippen LogP contribution in [0.5, 0.6) is 0 Å². The van der Waals surface area contributed by atoms with Gasteiger partial charge in [-0.3, -0.25) is 4.79 Å². The summed E-state index contributed by atoms with van der Waals surface area (Å²) >= 11 is 5.62. The van der Waals surface area contributed by atoms with Crippen LogP contribution in [0.25, 0.3) is 0 Å². The second-order valence-electron chi connectivity index (χ2n) is 9.07. The van der Waals surface area contributed by atoms with Gasteiger partial charge in [0.25, 0.3) is 0 Å². The van der Waals surface area contributed by atoms with Gasteiger partial charge < -0.3 is 10.2 Å². The molecule has 5 nitrogen and oxygen atoms in total. The molecule has 31 heavy (non-hydrogen) atoms. The lowest BCUT2D eigenvalue weighted by atomic mass is 9.64. The first kappa shape index (κ1) is 22.5. The van der Waals surface area contributed by atoms with Gasteiger partial charge in [-0.1, -0.05) is 38.1 Å². The first-order valence-corrected chi connectivity index (χ1v) is 12.1. The van der Waals surface area contributed by atoms with Gasteiger partial charge in [-0.05, 0) is 93.2 Å². The van der Waals surface area contributed by atoms with Gasteiger partial charge in [0.05, 0.1) is 16.7 Å². The third-order valence-electron chi connectivity index (χ3n) is 7.60. The Labute approximate surface area is 204 Å². The van der Waals surface area contributed by atoms with Crippen LogP contribution in [-0.4, -0.2) is 17.6 Å². The number of halogens is 2. The third-order valence-corrected chi connectivity index (χ3v) is 9.01. The Morgan fingerprint density at radius 3 is 2.42 bits per heavy atom. The van der Waals surface area contributed by atoms with Crippen molar-refractivity contribution >= 4 is 61.8 Å². The van der Waals surface area contributed by atoms with Gasteiger partial charge in [-0.15, -0.1) is 0 Å². The van der Waals surface area contributed by atoms with Gasteiger partial charge in [-0.25, -0.2) is 4.79 Å². The van der Waals surface area contributed by atoms with Crippen molar-refractivity contribution in [1.29, 1.82) is 0 Å². The summed E-state index contributed by atoms with van der Waals surface area (Å²) in [5.74, 6) is -0.508. The zero-order valence-electron chi connectivity index (χ0n) is 17.7. The van der Waals surface area contributed by atoms with Crippen LogP contribution in [0, 0.1) is 19.8 Å². The van der Waals surface area contributed by atoms with E-state index in [4.69, 9.17) is 4.84 Å². The molecular formula is C24H24BrIN2O3. The summed E-state index contributed by atoms with van der Waals surface area (Å²) in [6, 6.07) is 14.9. The number of benzene rings is 2. The predicted octanol–water partition coefficient (Wildman–Crippen LogP) is 6.42. The van der Waals surface area contributed by atoms with Crippen LogP contribution in [0.4, 0.5) is 5.69 Å². The largest absolute Gasteiger partial charge is 0.366 e. The summed E-state index contributed by atoms with van der Waals surface area (Å²) in [4.78, 5) is 31.4. The maximum Gasteiger partial charge on any atom is 0.366 e. The predicted molar refractivity (Wildman–Crippen MR) is 133 cm³/mol. The van der Waals surface area contributed by atoms with Crippen molar-refractivity contribution < 1.29 is 14.4 Å². The average molecular weight is 595 g/mol. The van der Waals surface area contributed by atoms with Crippen molar-refractivity contribution in [3.05, 3.63) is 62.1 Å². The third kappa shape index (κ3) is 3.53. The Balaban J connectivity index is 1.59. The van der Waals surface area contributed by atoms with Crippen molar-refractivity contribution in [3.63, 3.8) is 0 Å². The van der Waals surface area contributed by atoms with Gasteiger partial charge in [0.2, 0.25) is 5.91 Å². The second kappa shape index (κ2) is 7.99. The lowest BCUT2D eigenvalue weighted by Gasteiger charge is -2.39. The molecule has 2 aromatic rings. The van der Waals surface area contributed by atoms with Gasteiger partial charge in [0.15, 0.2) is 0 Å². The molecule has 2 fully saturated rings. The number of fused-ring (bicyclic) bond motifs is 2. The number of hydrogen-bond donors (Lipinski definition) is 1. The van der Waals surface area contributed by atoms with Crippen LogP contribution in [-0.2, 0) is 9.63 Å². The fourth-order valence-corrected chi connectivity index (χ4v) is 5.89. The molecule has 1 N–H and O–H groups in total. The minimum absolute atomic E-state index is 0.00441. The Morgan fingerprint density at radius 2 is 1.74 bits per heavy atom. The average Bonchev–Trinajstić information content (AvgIpc) is 3.04. The molecule has 0 saturated heterocycles. The molecule has 4 rings (SSSR count). The van der Waals surface area contributed by atoms with Gasteiger partial charge in [0, 0.05) is 25.6 Å².